The van der Waals surface area contributed by atoms with Crippen LogP contribution in [0.2, 0.25) is 0 Å². The molecule has 7 atom stereocenters. The lowest BCUT2D eigenvalue weighted by molar-refractivity contribution is -0.161. The van der Waals surface area contributed by atoms with Crippen LogP contribution in [0.1, 0.15) is 395 Å². The van der Waals surface area contributed by atoms with Gasteiger partial charge in [-0.3, -0.25) is 37.3 Å². The van der Waals surface area contributed by atoms with Crippen LogP contribution in [0.4, 0.5) is 0 Å². The molecule has 0 aliphatic rings. The molecule has 570 valence electrons. The minimum absolute atomic E-state index is 0.106. The molecular weight excluding hydrogens is 1260 g/mol. The lowest BCUT2D eigenvalue weighted by Gasteiger charge is -2.21. The molecule has 0 spiro atoms. The number of rotatable bonds is 75. The molecule has 4 unspecified atom stereocenters. The zero-order valence-electron chi connectivity index (χ0n) is 62.8. The summed E-state index contributed by atoms with van der Waals surface area (Å²) in [4.78, 5) is 72.9. The van der Waals surface area contributed by atoms with Crippen LogP contribution >= 0.6 is 15.6 Å². The molecule has 96 heavy (non-hydrogen) atoms. The summed E-state index contributed by atoms with van der Waals surface area (Å²) >= 11 is 0. The number of esters is 4. The Morgan fingerprint density at radius 3 is 0.792 bits per heavy atom. The van der Waals surface area contributed by atoms with E-state index in [9.17, 15) is 43.2 Å². The summed E-state index contributed by atoms with van der Waals surface area (Å²) in [5.41, 5.74) is 0. The number of ether oxygens (including phenoxy) is 4. The summed E-state index contributed by atoms with van der Waals surface area (Å²) in [6, 6.07) is 0. The van der Waals surface area contributed by atoms with Gasteiger partial charge in [-0.25, -0.2) is 9.13 Å². The van der Waals surface area contributed by atoms with Gasteiger partial charge in [-0.2, -0.15) is 0 Å². The van der Waals surface area contributed by atoms with Gasteiger partial charge >= 0.3 is 39.5 Å². The Balaban J connectivity index is 5.28. The van der Waals surface area contributed by atoms with Gasteiger partial charge in [-0.1, -0.05) is 344 Å². The predicted molar refractivity (Wildman–Crippen MR) is 391 cm³/mol. The second-order valence-electron chi connectivity index (χ2n) is 28.7. The van der Waals surface area contributed by atoms with Gasteiger partial charge in [0.05, 0.1) is 26.4 Å². The molecule has 17 nitrogen and oxygen atoms in total. The van der Waals surface area contributed by atoms with Crippen molar-refractivity contribution in [3.05, 3.63) is 0 Å². The molecule has 0 aromatic rings. The topological polar surface area (TPSA) is 237 Å². The molecule has 0 rings (SSSR count). The maximum atomic E-state index is 13.1. The molecule has 0 fully saturated rings. The van der Waals surface area contributed by atoms with Crippen LogP contribution in [0.5, 0.6) is 0 Å². The summed E-state index contributed by atoms with van der Waals surface area (Å²) in [5.74, 6) is 0.242. The predicted octanol–water partition coefficient (Wildman–Crippen LogP) is 22.6. The normalized spacial score (nSPS) is 14.6. The minimum atomic E-state index is -4.96. The van der Waals surface area contributed by atoms with Crippen molar-refractivity contribution in [2.24, 2.45) is 17.8 Å². The van der Waals surface area contributed by atoms with Crippen LogP contribution < -0.4 is 0 Å². The number of phosphoric acid groups is 2. The van der Waals surface area contributed by atoms with Gasteiger partial charge < -0.3 is 33.8 Å². The number of aliphatic hydroxyl groups excluding tert-OH is 1. The van der Waals surface area contributed by atoms with Gasteiger partial charge in [0.1, 0.15) is 19.3 Å². The molecule has 0 saturated heterocycles. The standard InChI is InChI=1S/C77H150O17P2/c1-8-11-12-13-14-15-16-17-18-19-23-29-37-44-51-58-74(79)87-64-72(93-76(81)60-53-46-39-30-24-21-20-22-27-34-41-48-55-68(4)5)66-91-95(83,84)89-62-71(78)63-90-96(85,86)92-67-73(65-88-75(80)59-52-45-38-33-32-36-43-50-57-70(7)10-3)94-77(82)61-54-47-40-31-26-25-28-35-42-49-56-69(6)9-2/h68-73,78H,8-67H2,1-7H3,(H,83,84)(H,85,86)/t69?,70?,71-,72-,73-/m1/s1. The summed E-state index contributed by atoms with van der Waals surface area (Å²) in [7, 11) is -9.92. The van der Waals surface area contributed by atoms with E-state index in [1.165, 1.54) is 205 Å². The molecule has 19 heteroatoms. The van der Waals surface area contributed by atoms with Crippen LogP contribution in [0.25, 0.3) is 0 Å². The Hall–Kier alpha value is -1.94. The Kier molecular flexibility index (Phi) is 66.2. The molecular formula is C77H150O17P2. The second kappa shape index (κ2) is 67.5. The summed E-state index contributed by atoms with van der Waals surface area (Å²) in [6.07, 6.45) is 53.8. The maximum Gasteiger partial charge on any atom is 0.472 e. The van der Waals surface area contributed by atoms with Crippen molar-refractivity contribution in [3.8, 4) is 0 Å². The van der Waals surface area contributed by atoms with E-state index in [4.69, 9.17) is 37.0 Å². The third kappa shape index (κ3) is 67.9. The smallest absolute Gasteiger partial charge is 0.462 e. The summed E-state index contributed by atoms with van der Waals surface area (Å²) < 4.78 is 68.6. The Bertz CT molecular complexity index is 1870. The van der Waals surface area contributed by atoms with E-state index >= 15 is 0 Å². The largest absolute Gasteiger partial charge is 0.472 e. The molecule has 0 heterocycles. The van der Waals surface area contributed by atoms with Crippen LogP contribution in [0.3, 0.4) is 0 Å². The van der Waals surface area contributed by atoms with Crippen molar-refractivity contribution in [3.63, 3.8) is 0 Å². The monoisotopic (exact) mass is 1410 g/mol. The van der Waals surface area contributed by atoms with Crippen molar-refractivity contribution in [2.45, 2.75) is 414 Å². The van der Waals surface area contributed by atoms with E-state index in [-0.39, 0.29) is 25.7 Å². The average Bonchev–Trinajstić information content (AvgIpc) is 1.16. The van der Waals surface area contributed by atoms with E-state index in [0.717, 1.165) is 108 Å². The fraction of sp³-hybridized carbons (Fsp3) is 0.948. The van der Waals surface area contributed by atoms with Gasteiger partial charge in [0.2, 0.25) is 0 Å². The van der Waals surface area contributed by atoms with Crippen molar-refractivity contribution in [2.75, 3.05) is 39.6 Å². The van der Waals surface area contributed by atoms with Gasteiger partial charge in [0.15, 0.2) is 12.2 Å². The number of hydrogen-bond acceptors (Lipinski definition) is 15. The van der Waals surface area contributed by atoms with Crippen LogP contribution in [-0.4, -0.2) is 96.7 Å². The molecule has 0 saturated carbocycles. The first-order chi connectivity index (χ1) is 46.3. The zero-order chi connectivity index (χ0) is 70.9. The number of aliphatic hydroxyl groups is 1. The van der Waals surface area contributed by atoms with E-state index in [0.29, 0.717) is 25.7 Å². The van der Waals surface area contributed by atoms with Gasteiger partial charge in [0, 0.05) is 25.7 Å². The summed E-state index contributed by atoms with van der Waals surface area (Å²) in [5, 5.41) is 10.6. The van der Waals surface area contributed by atoms with Gasteiger partial charge in [-0.15, -0.1) is 0 Å². The third-order valence-electron chi connectivity index (χ3n) is 18.6. The van der Waals surface area contributed by atoms with Crippen LogP contribution in [0, 0.1) is 17.8 Å². The Labute approximate surface area is 588 Å². The lowest BCUT2D eigenvalue weighted by atomic mass is 9.99. The number of carbonyl (C=O) groups excluding carboxylic acids is 4. The summed E-state index contributed by atoms with van der Waals surface area (Å²) in [6.45, 7) is 12.0. The van der Waals surface area contributed by atoms with E-state index < -0.39 is 97.5 Å². The fourth-order valence-electron chi connectivity index (χ4n) is 11.7. The molecule has 0 aliphatic heterocycles. The molecule has 0 aromatic carbocycles. The molecule has 0 radical (unpaired) electrons. The number of phosphoric ester groups is 2. The Morgan fingerprint density at radius 1 is 0.302 bits per heavy atom. The lowest BCUT2D eigenvalue weighted by Crippen LogP contribution is -2.30. The maximum absolute atomic E-state index is 13.1. The van der Waals surface area contributed by atoms with E-state index in [2.05, 4.69) is 48.5 Å². The van der Waals surface area contributed by atoms with E-state index in [1.54, 1.807) is 0 Å². The van der Waals surface area contributed by atoms with Gasteiger partial charge in [-0.05, 0) is 43.4 Å². The first-order valence-electron chi connectivity index (χ1n) is 39.9. The number of unbranched alkanes of at least 4 members (excludes halogenated alkanes) is 41. The molecule has 0 aromatic heterocycles. The first-order valence-corrected chi connectivity index (χ1v) is 42.9. The highest BCUT2D eigenvalue weighted by Crippen LogP contribution is 2.45. The number of carbonyl (C=O) groups is 4. The second-order valence-corrected chi connectivity index (χ2v) is 31.6. The first kappa shape index (κ1) is 94.1. The SMILES string of the molecule is CCCCCCCCCCCCCCCCCC(=O)OC[C@H](COP(=O)(O)OC[C@@H](O)COP(=O)(O)OC[C@@H](COC(=O)CCCCCCCCCCC(C)CC)OC(=O)CCCCCCCCCCCCC(C)CC)OC(=O)CCCCCCCCCCCCCCC(C)C. The quantitative estimate of drug-likeness (QED) is 0.0222. The molecule has 0 bridgehead atoms. The highest BCUT2D eigenvalue weighted by atomic mass is 31.2. The number of hydrogen-bond donors (Lipinski definition) is 3. The molecule has 0 amide bonds. The third-order valence-corrected chi connectivity index (χ3v) is 20.5. The van der Waals surface area contributed by atoms with Crippen molar-refractivity contribution in [1.82, 2.24) is 0 Å². The van der Waals surface area contributed by atoms with Crippen LogP contribution in [-0.2, 0) is 65.4 Å². The highest BCUT2D eigenvalue weighted by molar-refractivity contribution is 7.47. The van der Waals surface area contributed by atoms with Crippen LogP contribution in [0.15, 0.2) is 0 Å². The minimum Gasteiger partial charge on any atom is -0.462 e. The van der Waals surface area contributed by atoms with Crippen molar-refractivity contribution >= 4 is 39.5 Å². The van der Waals surface area contributed by atoms with E-state index in [1.807, 2.05) is 0 Å². The molecule has 0 aliphatic carbocycles. The highest BCUT2D eigenvalue weighted by Gasteiger charge is 2.30. The average molecular weight is 1410 g/mol. The van der Waals surface area contributed by atoms with Crippen molar-refractivity contribution in [1.29, 1.82) is 0 Å². The Morgan fingerprint density at radius 2 is 0.531 bits per heavy atom. The van der Waals surface area contributed by atoms with Crippen molar-refractivity contribution < 1.29 is 80.2 Å². The van der Waals surface area contributed by atoms with Gasteiger partial charge in [0.25, 0.3) is 0 Å². The molecule has 3 N–H and O–H groups in total. The fourth-order valence-corrected chi connectivity index (χ4v) is 13.3. The zero-order valence-corrected chi connectivity index (χ0v) is 64.6.